The lowest BCUT2D eigenvalue weighted by molar-refractivity contribution is -0.217. The van der Waals surface area contributed by atoms with Gasteiger partial charge in [0, 0.05) is 11.8 Å². The van der Waals surface area contributed by atoms with Gasteiger partial charge in [0.1, 0.15) is 22.9 Å². The van der Waals surface area contributed by atoms with Crippen LogP contribution in [0.15, 0.2) is 11.0 Å². The maximum atomic E-state index is 15.4. The van der Waals surface area contributed by atoms with Crippen molar-refractivity contribution in [2.45, 2.75) is 50.8 Å². The number of rotatable bonds is 6. The number of ether oxygens (including phenoxy) is 2. The molecule has 2 rings (SSSR count). The molecule has 1 aliphatic heterocycles. The molecule has 10 nitrogen and oxygen atoms in total. The largest absolute Gasteiger partial charge is 0.458 e. The minimum atomic E-state index is -3.74. The van der Waals surface area contributed by atoms with Crippen LogP contribution in [0.5, 0.6) is 0 Å². The molecule has 6 N–H and O–H groups in total. The van der Waals surface area contributed by atoms with Gasteiger partial charge in [0.2, 0.25) is 0 Å². The number of hydrogen-bond donors (Lipinski definition) is 5. The molecule has 0 radical (unpaired) electrons. The molecule has 0 unspecified atom stereocenters. The van der Waals surface area contributed by atoms with Gasteiger partial charge in [0.15, 0.2) is 12.8 Å². The van der Waals surface area contributed by atoms with Crippen LogP contribution in [0.4, 0.5) is 4.39 Å². The third-order valence-corrected chi connectivity index (χ3v) is 4.42. The molecule has 27 heavy (non-hydrogen) atoms. The van der Waals surface area contributed by atoms with E-state index in [1.165, 1.54) is 0 Å². The Kier molecular flexibility index (Phi) is 5.61. The monoisotopic (exact) mass is 409 g/mol. The van der Waals surface area contributed by atoms with E-state index in [1.807, 2.05) is 0 Å². The highest BCUT2D eigenvalue weighted by atomic mass is 32.1. The van der Waals surface area contributed by atoms with Gasteiger partial charge < -0.3 is 30.5 Å². The van der Waals surface area contributed by atoms with Crippen LogP contribution in [-0.2, 0) is 20.9 Å². The zero-order chi connectivity index (χ0) is 22.3. The van der Waals surface area contributed by atoms with Crippen molar-refractivity contribution in [1.29, 1.82) is 0 Å². The van der Waals surface area contributed by atoms with Crippen molar-refractivity contribution in [2.24, 2.45) is 11.7 Å². The molecule has 0 spiro atoms. The number of aliphatic hydroxyl groups is 3. The van der Waals surface area contributed by atoms with Gasteiger partial charge in [-0.3, -0.25) is 14.3 Å². The molecule has 1 aromatic heterocycles. The van der Waals surface area contributed by atoms with E-state index >= 15 is 4.39 Å². The topological polar surface area (TPSA) is 160 Å². The van der Waals surface area contributed by atoms with Gasteiger partial charge in [-0.2, -0.15) is 0 Å². The van der Waals surface area contributed by atoms with Crippen molar-refractivity contribution < 1.29 is 36.7 Å². The lowest BCUT2D eigenvalue weighted by atomic mass is 10.1. The van der Waals surface area contributed by atoms with E-state index in [-0.39, 0.29) is 10.2 Å². The van der Waals surface area contributed by atoms with Crippen LogP contribution in [0, 0.1) is 10.6 Å². The molecule has 1 saturated heterocycles. The maximum Gasteiger partial charge on any atom is 0.328 e. The number of carbonyl (C=O) groups is 1. The average molecular weight is 409 g/mol. The summed E-state index contributed by atoms with van der Waals surface area (Å²) in [6.07, 6.45) is -5.64. The number of aliphatic hydroxyl groups excluding tert-OH is 3. The number of nitrogens with two attached hydrogens (primary N) is 1. The SMILES string of the molecule is [2H]C([2H])(OC(=O)[C@@H](N)C(C)C)[C@@]1(F)O[C@@H](n2cc(CO)c(=S)[nH]c2=O)[C@H](O)[C@@H]1O. The second-order valence-corrected chi connectivity index (χ2v) is 6.77. The van der Waals surface area contributed by atoms with Gasteiger partial charge in [-0.05, 0) is 5.92 Å². The smallest absolute Gasteiger partial charge is 0.328 e. The molecule has 152 valence electrons. The summed E-state index contributed by atoms with van der Waals surface area (Å²) in [7, 11) is 0. The normalized spacial score (nSPS) is 30.7. The van der Waals surface area contributed by atoms with Gasteiger partial charge in [0.05, 0.1) is 9.35 Å². The molecule has 5 atom stereocenters. The Morgan fingerprint density at radius 2 is 2.26 bits per heavy atom. The second kappa shape index (κ2) is 8.12. The number of carbonyl (C=O) groups excluding carboxylic acids is 1. The Morgan fingerprint density at radius 3 is 2.81 bits per heavy atom. The number of H-pyrrole nitrogens is 1. The van der Waals surface area contributed by atoms with Crippen molar-refractivity contribution in [2.75, 3.05) is 6.56 Å². The van der Waals surface area contributed by atoms with Gasteiger partial charge in [-0.1, -0.05) is 26.1 Å². The number of nitrogens with zero attached hydrogens (tertiary/aromatic N) is 1. The minimum Gasteiger partial charge on any atom is -0.458 e. The zero-order valence-corrected chi connectivity index (χ0v) is 15.3. The third kappa shape index (κ3) is 4.25. The van der Waals surface area contributed by atoms with Crippen molar-refractivity contribution in [3.05, 3.63) is 26.9 Å². The molecule has 0 aromatic carbocycles. The predicted molar refractivity (Wildman–Crippen MR) is 91.6 cm³/mol. The number of halogens is 1. The molecule has 1 aromatic rings. The van der Waals surface area contributed by atoms with Crippen LogP contribution < -0.4 is 11.4 Å². The molecular formula is C15H22FN3O7S. The molecular weight excluding hydrogens is 385 g/mol. The summed E-state index contributed by atoms with van der Waals surface area (Å²) >= 11 is 4.84. The highest BCUT2D eigenvalue weighted by molar-refractivity contribution is 7.71. The van der Waals surface area contributed by atoms with Crippen molar-refractivity contribution in [3.8, 4) is 0 Å². The number of nitrogens with one attached hydrogen (secondary N) is 1. The molecule has 0 bridgehead atoms. The fraction of sp³-hybridized carbons (Fsp3) is 0.667. The van der Waals surface area contributed by atoms with E-state index in [2.05, 4.69) is 9.72 Å². The number of aromatic nitrogens is 2. The average Bonchev–Trinajstić information content (AvgIpc) is 2.86. The molecule has 0 amide bonds. The zero-order valence-electron chi connectivity index (χ0n) is 16.5. The standard InChI is InChI=1S/C15H22FN3O7S/c1-6(2)8(17)13(23)25-5-15(16)10(22)9(21)12(26-15)19-3-7(4-20)11(27)18-14(19)24/h3,6,8-10,12,20-22H,4-5,17H2,1-2H3,(H,18,24,27)/t8-,9+,10-,12+,15+/m0/s1/i5D2. The molecule has 0 aliphatic carbocycles. The lowest BCUT2D eigenvalue weighted by Crippen LogP contribution is -2.46. The quantitative estimate of drug-likeness (QED) is 0.288. The number of hydrogen-bond acceptors (Lipinski definition) is 9. The predicted octanol–water partition coefficient (Wildman–Crippen LogP) is -1.16. The first-order valence-corrected chi connectivity index (χ1v) is 8.34. The van der Waals surface area contributed by atoms with Crippen molar-refractivity contribution in [1.82, 2.24) is 9.55 Å². The first-order valence-electron chi connectivity index (χ1n) is 8.93. The lowest BCUT2D eigenvalue weighted by Gasteiger charge is -2.24. The fourth-order valence-electron chi connectivity index (χ4n) is 2.29. The summed E-state index contributed by atoms with van der Waals surface area (Å²) in [6, 6.07) is -1.28. The summed E-state index contributed by atoms with van der Waals surface area (Å²) in [5, 5.41) is 29.6. The van der Waals surface area contributed by atoms with E-state index in [0.717, 1.165) is 6.20 Å². The number of aromatic amines is 1. The van der Waals surface area contributed by atoms with Crippen LogP contribution in [-0.4, -0.2) is 61.5 Å². The van der Waals surface area contributed by atoms with Gasteiger partial charge in [-0.15, -0.1) is 0 Å². The summed E-state index contributed by atoms with van der Waals surface area (Å²) in [5.74, 6) is -5.49. The minimum absolute atomic E-state index is 0.0265. The highest BCUT2D eigenvalue weighted by Crippen LogP contribution is 2.38. The van der Waals surface area contributed by atoms with Crippen molar-refractivity contribution in [3.63, 3.8) is 0 Å². The Bertz CT molecular complexity index is 895. The van der Waals surface area contributed by atoms with Crippen LogP contribution in [0.25, 0.3) is 0 Å². The molecule has 2 heterocycles. The highest BCUT2D eigenvalue weighted by Gasteiger charge is 2.57. The summed E-state index contributed by atoms with van der Waals surface area (Å²) < 4.78 is 40.7. The van der Waals surface area contributed by atoms with E-state index in [0.29, 0.717) is 4.57 Å². The molecule has 1 aliphatic rings. The summed E-state index contributed by atoms with van der Waals surface area (Å²) in [4.78, 5) is 26.2. The number of esters is 1. The maximum absolute atomic E-state index is 15.4. The van der Waals surface area contributed by atoms with Crippen LogP contribution in [0.3, 0.4) is 0 Å². The van der Waals surface area contributed by atoms with Gasteiger partial charge in [-0.25, -0.2) is 9.18 Å². The Hall–Kier alpha value is -1.70. The molecule has 0 saturated carbocycles. The second-order valence-electron chi connectivity index (χ2n) is 6.36. The van der Waals surface area contributed by atoms with E-state index in [1.54, 1.807) is 13.8 Å². The van der Waals surface area contributed by atoms with Crippen molar-refractivity contribution >= 4 is 18.2 Å². The van der Waals surface area contributed by atoms with Crippen LogP contribution in [0.1, 0.15) is 28.4 Å². The van der Waals surface area contributed by atoms with E-state index < -0.39 is 61.1 Å². The first-order chi connectivity index (χ1) is 13.3. The number of alkyl halides is 1. The van der Waals surface area contributed by atoms with Crippen LogP contribution in [0.2, 0.25) is 0 Å². The summed E-state index contributed by atoms with van der Waals surface area (Å²) in [6.45, 7) is -1.07. The molecule has 12 heteroatoms. The van der Waals surface area contributed by atoms with Crippen LogP contribution >= 0.6 is 12.2 Å². The fourth-order valence-corrected chi connectivity index (χ4v) is 2.49. The van der Waals surface area contributed by atoms with E-state index in [4.69, 9.17) is 25.4 Å². The molecule has 1 fully saturated rings. The Morgan fingerprint density at radius 1 is 1.63 bits per heavy atom. The van der Waals surface area contributed by atoms with E-state index in [9.17, 15) is 24.9 Å². The van der Waals surface area contributed by atoms with Gasteiger partial charge >= 0.3 is 11.7 Å². The first kappa shape index (κ1) is 18.7. The third-order valence-electron chi connectivity index (χ3n) is 4.06. The summed E-state index contributed by atoms with van der Waals surface area (Å²) in [5.41, 5.74) is 4.60. The Labute approximate surface area is 161 Å². The Balaban J connectivity index is 2.40. The van der Waals surface area contributed by atoms with Gasteiger partial charge in [0.25, 0.3) is 5.85 Å².